The van der Waals surface area contributed by atoms with Gasteiger partial charge in [-0.15, -0.1) is 0 Å². The van der Waals surface area contributed by atoms with Gasteiger partial charge in [0, 0.05) is 30.1 Å². The smallest absolute Gasteiger partial charge is 0.227 e. The van der Waals surface area contributed by atoms with Crippen molar-refractivity contribution in [3.05, 3.63) is 27.7 Å². The van der Waals surface area contributed by atoms with E-state index in [0.29, 0.717) is 47.3 Å². The summed E-state index contributed by atoms with van der Waals surface area (Å²) in [7, 11) is 1.51. The molecule has 0 saturated carbocycles. The molecule has 1 aliphatic heterocycles. The highest BCUT2D eigenvalue weighted by atomic mass is 35.5. The molecule has 22 heavy (non-hydrogen) atoms. The lowest BCUT2D eigenvalue weighted by atomic mass is 9.96. The van der Waals surface area contributed by atoms with Gasteiger partial charge in [0.25, 0.3) is 0 Å². The highest BCUT2D eigenvalue weighted by molar-refractivity contribution is 6.34. The minimum absolute atomic E-state index is 0.0361. The molecule has 2 N–H and O–H groups in total. The zero-order chi connectivity index (χ0) is 16.3. The van der Waals surface area contributed by atoms with Crippen LogP contribution in [0.1, 0.15) is 18.4 Å². The van der Waals surface area contributed by atoms with Crippen molar-refractivity contribution in [1.82, 2.24) is 4.90 Å². The van der Waals surface area contributed by atoms with Crippen LogP contribution in [0, 0.1) is 5.92 Å². The quantitative estimate of drug-likeness (QED) is 0.910. The van der Waals surface area contributed by atoms with Crippen molar-refractivity contribution in [3.8, 4) is 5.75 Å². The maximum atomic E-state index is 12.3. The predicted octanol–water partition coefficient (Wildman–Crippen LogP) is 2.27. The Bertz CT molecular complexity index is 584. The van der Waals surface area contributed by atoms with E-state index in [1.807, 2.05) is 0 Å². The first-order valence-corrected chi connectivity index (χ1v) is 7.77. The number of carbonyl (C=O) groups is 2. The lowest BCUT2D eigenvalue weighted by molar-refractivity contribution is -0.134. The number of hydrogen-bond acceptors (Lipinski definition) is 3. The number of benzene rings is 1. The van der Waals surface area contributed by atoms with E-state index in [9.17, 15) is 9.59 Å². The van der Waals surface area contributed by atoms with Gasteiger partial charge in [0.05, 0.1) is 18.6 Å². The molecule has 1 aromatic carbocycles. The summed E-state index contributed by atoms with van der Waals surface area (Å²) in [5.41, 5.74) is 5.95. The van der Waals surface area contributed by atoms with Crippen LogP contribution in [-0.2, 0) is 16.0 Å². The molecule has 2 rings (SSSR count). The molecule has 1 saturated heterocycles. The minimum atomic E-state index is -0.294. The number of halogens is 2. The van der Waals surface area contributed by atoms with Crippen molar-refractivity contribution >= 4 is 35.0 Å². The fourth-order valence-corrected chi connectivity index (χ4v) is 3.03. The number of methoxy groups -OCH3 is 1. The van der Waals surface area contributed by atoms with E-state index in [4.69, 9.17) is 33.7 Å². The first kappa shape index (κ1) is 16.9. The Labute approximate surface area is 139 Å². The van der Waals surface area contributed by atoms with Gasteiger partial charge < -0.3 is 15.4 Å². The number of primary amides is 1. The molecule has 120 valence electrons. The van der Waals surface area contributed by atoms with Gasteiger partial charge in [-0.2, -0.15) is 0 Å². The first-order chi connectivity index (χ1) is 10.4. The third-order valence-corrected chi connectivity index (χ3v) is 4.56. The summed E-state index contributed by atoms with van der Waals surface area (Å²) in [6.07, 6.45) is 1.39. The summed E-state index contributed by atoms with van der Waals surface area (Å²) in [5, 5.41) is 0.865. The molecule has 0 aromatic heterocycles. The summed E-state index contributed by atoms with van der Waals surface area (Å²) in [6, 6.07) is 3.25. The highest BCUT2D eigenvalue weighted by Crippen LogP contribution is 2.31. The van der Waals surface area contributed by atoms with Crippen LogP contribution in [0.3, 0.4) is 0 Å². The number of likely N-dealkylation sites (tertiary alicyclic amines) is 1. The third-order valence-electron chi connectivity index (χ3n) is 3.91. The number of hydrogen-bond donors (Lipinski definition) is 1. The molecule has 0 atom stereocenters. The van der Waals surface area contributed by atoms with Crippen LogP contribution in [-0.4, -0.2) is 36.9 Å². The lowest BCUT2D eigenvalue weighted by Gasteiger charge is -2.30. The fourth-order valence-electron chi connectivity index (χ4n) is 2.55. The second-order valence-electron chi connectivity index (χ2n) is 5.31. The standard InChI is InChI=1S/C15H18Cl2N2O3/c1-22-13-8-11(16)10(6-12(13)17)7-14(20)19-4-2-9(3-5-19)15(18)21/h6,8-9H,2-5,7H2,1H3,(H2,18,21). The Hall–Kier alpha value is -1.46. The van der Waals surface area contributed by atoms with Crippen LogP contribution in [0.25, 0.3) is 0 Å². The largest absolute Gasteiger partial charge is 0.495 e. The molecule has 0 radical (unpaired) electrons. The van der Waals surface area contributed by atoms with Gasteiger partial charge in [0.1, 0.15) is 5.75 Å². The summed E-state index contributed by atoms with van der Waals surface area (Å²) in [4.78, 5) is 25.2. The Morgan fingerprint density at radius 1 is 1.27 bits per heavy atom. The second kappa shape index (κ2) is 7.20. The van der Waals surface area contributed by atoms with E-state index >= 15 is 0 Å². The molecule has 1 fully saturated rings. The number of piperidine rings is 1. The van der Waals surface area contributed by atoms with Crippen LogP contribution >= 0.6 is 23.2 Å². The molecule has 0 bridgehead atoms. The monoisotopic (exact) mass is 344 g/mol. The highest BCUT2D eigenvalue weighted by Gasteiger charge is 2.26. The van der Waals surface area contributed by atoms with E-state index in [1.54, 1.807) is 17.0 Å². The van der Waals surface area contributed by atoms with Crippen molar-refractivity contribution < 1.29 is 14.3 Å². The Morgan fingerprint density at radius 3 is 2.45 bits per heavy atom. The summed E-state index contributed by atoms with van der Waals surface area (Å²) >= 11 is 12.2. The Kier molecular flexibility index (Phi) is 5.53. The van der Waals surface area contributed by atoms with Crippen LogP contribution in [0.5, 0.6) is 5.75 Å². The topological polar surface area (TPSA) is 72.6 Å². The summed E-state index contributed by atoms with van der Waals surface area (Å²) in [6.45, 7) is 1.07. The Balaban J connectivity index is 2.01. The number of nitrogens with zero attached hydrogens (tertiary/aromatic N) is 1. The molecular weight excluding hydrogens is 327 g/mol. The van der Waals surface area contributed by atoms with Crippen molar-refractivity contribution in [2.24, 2.45) is 11.7 Å². The molecule has 5 nitrogen and oxygen atoms in total. The van der Waals surface area contributed by atoms with Crippen LogP contribution in [0.4, 0.5) is 0 Å². The number of nitrogens with two attached hydrogens (primary N) is 1. The second-order valence-corrected chi connectivity index (χ2v) is 6.13. The van der Waals surface area contributed by atoms with Crippen LogP contribution < -0.4 is 10.5 Å². The Morgan fingerprint density at radius 2 is 1.91 bits per heavy atom. The van der Waals surface area contributed by atoms with Crippen molar-refractivity contribution in [1.29, 1.82) is 0 Å². The molecule has 0 unspecified atom stereocenters. The molecule has 2 amide bonds. The van der Waals surface area contributed by atoms with Crippen LogP contribution in [0.15, 0.2) is 12.1 Å². The zero-order valence-electron chi connectivity index (χ0n) is 12.3. The van der Waals surface area contributed by atoms with Crippen molar-refractivity contribution in [3.63, 3.8) is 0 Å². The van der Waals surface area contributed by atoms with Crippen LogP contribution in [0.2, 0.25) is 10.0 Å². The normalized spacial score (nSPS) is 15.7. The summed E-state index contributed by atoms with van der Waals surface area (Å²) < 4.78 is 5.08. The van der Waals surface area contributed by atoms with Gasteiger partial charge >= 0.3 is 0 Å². The zero-order valence-corrected chi connectivity index (χ0v) is 13.8. The maximum Gasteiger partial charge on any atom is 0.227 e. The number of ether oxygens (including phenoxy) is 1. The van der Waals surface area contributed by atoms with Crippen molar-refractivity contribution in [2.45, 2.75) is 19.3 Å². The number of carbonyl (C=O) groups excluding carboxylic acids is 2. The molecule has 7 heteroatoms. The molecule has 1 heterocycles. The van der Waals surface area contributed by atoms with Gasteiger partial charge in [-0.05, 0) is 24.5 Å². The van der Waals surface area contributed by atoms with Gasteiger partial charge in [-0.1, -0.05) is 23.2 Å². The number of rotatable bonds is 4. The average molecular weight is 345 g/mol. The third kappa shape index (κ3) is 3.84. The van der Waals surface area contributed by atoms with E-state index in [2.05, 4.69) is 0 Å². The average Bonchev–Trinajstić information content (AvgIpc) is 2.50. The van der Waals surface area contributed by atoms with Gasteiger partial charge in [-0.25, -0.2) is 0 Å². The molecular formula is C15H18Cl2N2O3. The van der Waals surface area contributed by atoms with E-state index in [0.717, 1.165) is 0 Å². The van der Waals surface area contributed by atoms with Gasteiger partial charge in [-0.3, -0.25) is 9.59 Å². The molecule has 1 aliphatic rings. The fraction of sp³-hybridized carbons (Fsp3) is 0.467. The van der Waals surface area contributed by atoms with Gasteiger partial charge in [0.2, 0.25) is 11.8 Å². The van der Waals surface area contributed by atoms with Gasteiger partial charge in [0.15, 0.2) is 0 Å². The lowest BCUT2D eigenvalue weighted by Crippen LogP contribution is -2.42. The molecule has 0 spiro atoms. The SMILES string of the molecule is COc1cc(Cl)c(CC(=O)N2CCC(C(N)=O)CC2)cc1Cl. The molecule has 0 aliphatic carbocycles. The van der Waals surface area contributed by atoms with E-state index < -0.39 is 0 Å². The molecule has 1 aromatic rings. The minimum Gasteiger partial charge on any atom is -0.495 e. The first-order valence-electron chi connectivity index (χ1n) is 7.01. The van der Waals surface area contributed by atoms with E-state index in [1.165, 1.54) is 7.11 Å². The number of amides is 2. The predicted molar refractivity (Wildman–Crippen MR) is 85.2 cm³/mol. The summed E-state index contributed by atoms with van der Waals surface area (Å²) in [5.74, 6) is 0.0105. The van der Waals surface area contributed by atoms with Crippen molar-refractivity contribution in [2.75, 3.05) is 20.2 Å². The maximum absolute atomic E-state index is 12.3. The van der Waals surface area contributed by atoms with E-state index in [-0.39, 0.29) is 24.2 Å².